The zero-order chi connectivity index (χ0) is 20.7. The second-order valence-electron chi connectivity index (χ2n) is 7.39. The van der Waals surface area contributed by atoms with Crippen molar-refractivity contribution >= 4 is 35.0 Å². The Kier molecular flexibility index (Phi) is 4.61. The van der Waals surface area contributed by atoms with Crippen LogP contribution in [0.2, 0.25) is 0 Å². The molecule has 0 spiro atoms. The first-order chi connectivity index (χ1) is 14.6. The highest BCUT2D eigenvalue weighted by molar-refractivity contribution is 6.61. The molecule has 0 unspecified atom stereocenters. The molecule has 0 atom stereocenters. The number of benzene rings is 2. The molecular weight excluding hydrogens is 379 g/mol. The number of nitrogens with one attached hydrogen (secondary N) is 1. The van der Waals surface area contributed by atoms with Crippen molar-refractivity contribution < 1.29 is 10.0 Å². The largest absolute Gasteiger partial charge is 0.489 e. The van der Waals surface area contributed by atoms with Crippen LogP contribution >= 0.6 is 0 Å². The van der Waals surface area contributed by atoms with E-state index in [1.807, 2.05) is 31.3 Å². The summed E-state index contributed by atoms with van der Waals surface area (Å²) in [6.07, 6.45) is 2.45. The lowest BCUT2D eigenvalue weighted by atomic mass is 9.78. The van der Waals surface area contributed by atoms with Gasteiger partial charge in [0.1, 0.15) is 5.69 Å². The molecule has 0 saturated heterocycles. The average molecular weight is 400 g/mol. The monoisotopic (exact) mass is 400 g/mol. The van der Waals surface area contributed by atoms with Gasteiger partial charge < -0.3 is 20.3 Å². The van der Waals surface area contributed by atoms with E-state index in [4.69, 9.17) is 9.97 Å². The van der Waals surface area contributed by atoms with Crippen LogP contribution in [0.15, 0.2) is 54.7 Å². The van der Waals surface area contributed by atoms with Crippen molar-refractivity contribution in [3.05, 3.63) is 66.0 Å². The molecule has 0 fully saturated rings. The van der Waals surface area contributed by atoms with Crippen LogP contribution in [0, 0.1) is 0 Å². The van der Waals surface area contributed by atoms with Crippen molar-refractivity contribution in [1.82, 2.24) is 19.7 Å². The highest BCUT2D eigenvalue weighted by Crippen LogP contribution is 2.33. The quantitative estimate of drug-likeness (QED) is 0.432. The molecule has 4 aromatic rings. The third-order valence-electron chi connectivity index (χ3n) is 5.43. The first-order valence-electron chi connectivity index (χ1n) is 9.85. The summed E-state index contributed by atoms with van der Waals surface area (Å²) in [7, 11) is 0.477. The lowest BCUT2D eigenvalue weighted by Gasteiger charge is -2.17. The van der Waals surface area contributed by atoms with Gasteiger partial charge in [-0.2, -0.15) is 14.8 Å². The maximum Gasteiger partial charge on any atom is 0.489 e. The Balaban J connectivity index is 1.58. The average Bonchev–Trinajstić information content (AvgIpc) is 3.36. The first kappa shape index (κ1) is 18.6. The Bertz CT molecular complexity index is 1210. The van der Waals surface area contributed by atoms with Crippen LogP contribution < -0.4 is 15.7 Å². The van der Waals surface area contributed by atoms with Gasteiger partial charge in [0.2, 0.25) is 0 Å². The Hall–Kier alpha value is -3.43. The van der Waals surface area contributed by atoms with Gasteiger partial charge in [-0.25, -0.2) is 4.98 Å². The van der Waals surface area contributed by atoms with Gasteiger partial charge in [-0.1, -0.05) is 42.5 Å². The van der Waals surface area contributed by atoms with Crippen molar-refractivity contribution in [3.63, 3.8) is 0 Å². The maximum atomic E-state index is 9.65. The van der Waals surface area contributed by atoms with Gasteiger partial charge in [-0.3, -0.25) is 0 Å². The Labute approximate surface area is 174 Å². The summed E-state index contributed by atoms with van der Waals surface area (Å²) in [6, 6.07) is 15.5. The molecule has 0 amide bonds. The van der Waals surface area contributed by atoms with E-state index in [1.54, 1.807) is 23.0 Å². The molecule has 0 aliphatic carbocycles. The number of rotatable bonds is 5. The van der Waals surface area contributed by atoms with Crippen LogP contribution in [0.3, 0.4) is 0 Å². The molecule has 0 saturated carbocycles. The molecule has 5 rings (SSSR count). The Morgan fingerprint density at radius 3 is 2.70 bits per heavy atom. The molecule has 1 aliphatic heterocycles. The van der Waals surface area contributed by atoms with Crippen LogP contribution in [0.4, 0.5) is 11.5 Å². The van der Waals surface area contributed by atoms with Gasteiger partial charge >= 0.3 is 7.12 Å². The smallest absolute Gasteiger partial charge is 0.423 e. The number of hydrogen-bond donors (Lipinski definition) is 3. The van der Waals surface area contributed by atoms with Crippen molar-refractivity contribution in [2.45, 2.75) is 13.0 Å². The third kappa shape index (κ3) is 3.18. The molecule has 0 bridgehead atoms. The summed E-state index contributed by atoms with van der Waals surface area (Å²) in [5.74, 6) is 1.22. The highest BCUT2D eigenvalue weighted by atomic mass is 16.4. The molecule has 8 nitrogen and oxygen atoms in total. The predicted octanol–water partition coefficient (Wildman–Crippen LogP) is 1.10. The van der Waals surface area contributed by atoms with E-state index in [0.717, 1.165) is 41.2 Å². The summed E-state index contributed by atoms with van der Waals surface area (Å²) in [5.41, 5.74) is 4.28. The third-order valence-corrected chi connectivity index (χ3v) is 5.43. The molecule has 9 heteroatoms. The summed E-state index contributed by atoms with van der Waals surface area (Å²) in [4.78, 5) is 11.7. The molecule has 2 aromatic heterocycles. The molecule has 0 radical (unpaired) electrons. The van der Waals surface area contributed by atoms with Gasteiger partial charge in [-0.15, -0.1) is 0 Å². The van der Waals surface area contributed by atoms with E-state index in [0.29, 0.717) is 23.3 Å². The fraction of sp³-hybridized carbons (Fsp3) is 0.190. The molecule has 3 N–H and O–H groups in total. The van der Waals surface area contributed by atoms with Gasteiger partial charge in [-0.05, 0) is 17.1 Å². The Morgan fingerprint density at radius 2 is 1.90 bits per heavy atom. The second-order valence-corrected chi connectivity index (χ2v) is 7.39. The lowest BCUT2D eigenvalue weighted by molar-refractivity contribution is 0.426. The van der Waals surface area contributed by atoms with Crippen molar-refractivity contribution in [2.75, 3.05) is 23.8 Å². The minimum Gasteiger partial charge on any atom is -0.423 e. The van der Waals surface area contributed by atoms with Crippen LogP contribution in [0.1, 0.15) is 11.3 Å². The zero-order valence-electron chi connectivity index (χ0n) is 16.5. The van der Waals surface area contributed by atoms with E-state index >= 15 is 0 Å². The normalized spacial score (nSPS) is 13.0. The van der Waals surface area contributed by atoms with E-state index < -0.39 is 7.12 Å². The van der Waals surface area contributed by atoms with Crippen LogP contribution in [0.5, 0.6) is 0 Å². The predicted molar refractivity (Wildman–Crippen MR) is 117 cm³/mol. The Morgan fingerprint density at radius 1 is 1.07 bits per heavy atom. The van der Waals surface area contributed by atoms with Gasteiger partial charge in [0.25, 0.3) is 5.95 Å². The molecule has 30 heavy (non-hydrogen) atoms. The minimum atomic E-state index is -1.57. The summed E-state index contributed by atoms with van der Waals surface area (Å²) in [6.45, 7) is 1.53. The van der Waals surface area contributed by atoms with Gasteiger partial charge in [0.15, 0.2) is 5.82 Å². The number of aromatic nitrogens is 4. The van der Waals surface area contributed by atoms with E-state index in [2.05, 4.69) is 27.4 Å². The second kappa shape index (κ2) is 7.44. The number of likely N-dealkylation sites (N-methyl/N-ethyl adjacent to an activating group) is 1. The van der Waals surface area contributed by atoms with Gasteiger partial charge in [0.05, 0.1) is 17.4 Å². The lowest BCUT2D eigenvalue weighted by Crippen LogP contribution is -2.30. The van der Waals surface area contributed by atoms with Crippen molar-refractivity contribution in [2.24, 2.45) is 0 Å². The summed E-state index contributed by atoms with van der Waals surface area (Å²) in [5, 5.41) is 27.9. The van der Waals surface area contributed by atoms with Crippen LogP contribution in [0.25, 0.3) is 16.9 Å². The maximum absolute atomic E-state index is 9.65. The minimum absolute atomic E-state index is 0.405. The molecule has 1 aliphatic rings. The number of hydrogen-bond acceptors (Lipinski definition) is 7. The summed E-state index contributed by atoms with van der Waals surface area (Å²) < 4.78 is 1.65. The van der Waals surface area contributed by atoms with Crippen molar-refractivity contribution in [3.8, 4) is 5.95 Å². The number of fused-ring (bicyclic) bond motifs is 2. The molecule has 150 valence electrons. The van der Waals surface area contributed by atoms with Crippen molar-refractivity contribution in [1.29, 1.82) is 0 Å². The number of nitrogens with zero attached hydrogens (tertiary/aromatic N) is 5. The molecular formula is C21H21BN6O2. The van der Waals surface area contributed by atoms with Crippen LogP contribution in [-0.2, 0) is 13.0 Å². The zero-order valence-corrected chi connectivity index (χ0v) is 16.5. The van der Waals surface area contributed by atoms with E-state index in [9.17, 15) is 10.0 Å². The highest BCUT2D eigenvalue weighted by Gasteiger charge is 2.25. The van der Waals surface area contributed by atoms with Crippen LogP contribution in [-0.4, -0.2) is 50.5 Å². The van der Waals surface area contributed by atoms with E-state index in [-0.39, 0.29) is 0 Å². The fourth-order valence-corrected chi connectivity index (χ4v) is 3.91. The topological polar surface area (TPSA) is 99.3 Å². The molecule has 3 heterocycles. The number of anilines is 2. The standard InChI is InChI=1S/C21H21BN6O2/c1-27-11-10-17-19(27)20(23-12-14-6-3-2-4-7-14)26-21(25-17)28-18-9-5-8-16(22(29)30)15(18)13-24-28/h2-9,13,29-30H,10-12H2,1H3,(H,23,25,26). The van der Waals surface area contributed by atoms with E-state index in [1.165, 1.54) is 0 Å². The SMILES string of the molecule is CN1CCc2nc(-n3ncc4c(B(O)O)cccc43)nc(NCc3ccccc3)c21. The van der Waals surface area contributed by atoms with Gasteiger partial charge in [0, 0.05) is 31.9 Å². The fourth-order valence-electron chi connectivity index (χ4n) is 3.91. The first-order valence-corrected chi connectivity index (χ1v) is 9.85. The summed E-state index contributed by atoms with van der Waals surface area (Å²) >= 11 is 0. The molecule has 2 aromatic carbocycles.